The lowest BCUT2D eigenvalue weighted by molar-refractivity contribution is 0.223. The largest absolute Gasteiger partial charge is 0.460 e. The minimum atomic E-state index is 0.354. The van der Waals surface area contributed by atoms with Crippen LogP contribution in [0.25, 0.3) is 22.5 Å². The van der Waals surface area contributed by atoms with Crippen LogP contribution in [0.1, 0.15) is 42.1 Å². The van der Waals surface area contributed by atoms with Gasteiger partial charge in [-0.1, -0.05) is 17.3 Å². The van der Waals surface area contributed by atoms with Crippen LogP contribution < -0.4 is 0 Å². The Labute approximate surface area is 181 Å². The van der Waals surface area contributed by atoms with Gasteiger partial charge in [-0.05, 0) is 74.2 Å². The SMILES string of the molecule is N#CCN1CCC(c2cc(-c3ccncc3)c(-c3ccc4c(c3)CC/C4=N\O)o2)CC1. The van der Waals surface area contributed by atoms with Crippen molar-refractivity contribution in [3.63, 3.8) is 0 Å². The number of rotatable bonds is 4. The molecule has 3 heterocycles. The maximum absolute atomic E-state index is 9.23. The van der Waals surface area contributed by atoms with Crippen LogP contribution in [0.3, 0.4) is 0 Å². The van der Waals surface area contributed by atoms with E-state index in [0.29, 0.717) is 12.5 Å². The monoisotopic (exact) mass is 412 g/mol. The van der Waals surface area contributed by atoms with Gasteiger partial charge in [-0.15, -0.1) is 0 Å². The highest BCUT2D eigenvalue weighted by Crippen LogP contribution is 2.41. The van der Waals surface area contributed by atoms with E-state index in [1.165, 1.54) is 5.56 Å². The summed E-state index contributed by atoms with van der Waals surface area (Å²) in [6.45, 7) is 2.33. The van der Waals surface area contributed by atoms with Crippen molar-refractivity contribution in [2.24, 2.45) is 5.16 Å². The first-order valence-corrected chi connectivity index (χ1v) is 10.7. The number of nitriles is 1. The molecule has 1 aromatic carbocycles. The zero-order chi connectivity index (χ0) is 21.2. The van der Waals surface area contributed by atoms with Gasteiger partial charge >= 0.3 is 0 Å². The number of fused-ring (bicyclic) bond motifs is 1. The van der Waals surface area contributed by atoms with Gasteiger partial charge in [0.2, 0.25) is 0 Å². The summed E-state index contributed by atoms with van der Waals surface area (Å²) in [4.78, 5) is 6.36. The number of pyridine rings is 1. The number of furan rings is 1. The van der Waals surface area contributed by atoms with Crippen LogP contribution in [0.4, 0.5) is 0 Å². The van der Waals surface area contributed by atoms with Crippen LogP contribution in [-0.4, -0.2) is 40.4 Å². The first kappa shape index (κ1) is 19.5. The number of nitrogens with zero attached hydrogens (tertiary/aromatic N) is 4. The quantitative estimate of drug-likeness (QED) is 0.377. The van der Waals surface area contributed by atoms with Gasteiger partial charge in [-0.25, -0.2) is 0 Å². The Morgan fingerprint density at radius 1 is 1.06 bits per heavy atom. The molecule has 0 saturated carbocycles. The summed E-state index contributed by atoms with van der Waals surface area (Å²) in [5, 5.41) is 21.6. The molecule has 3 aromatic rings. The molecule has 1 N–H and O–H groups in total. The third-order valence-electron chi connectivity index (χ3n) is 6.46. The van der Waals surface area contributed by atoms with Crippen molar-refractivity contribution in [3.05, 3.63) is 65.7 Å². The minimum Gasteiger partial charge on any atom is -0.460 e. The molecule has 1 aliphatic carbocycles. The number of piperidine rings is 1. The van der Waals surface area contributed by atoms with Gasteiger partial charge in [-0.3, -0.25) is 9.88 Å². The molecule has 1 fully saturated rings. The zero-order valence-electron chi connectivity index (χ0n) is 17.3. The highest BCUT2D eigenvalue weighted by molar-refractivity contribution is 6.04. The Hall–Kier alpha value is -3.43. The van der Waals surface area contributed by atoms with Gasteiger partial charge in [0.05, 0.1) is 18.3 Å². The summed E-state index contributed by atoms with van der Waals surface area (Å²) in [7, 11) is 0. The van der Waals surface area contributed by atoms with Crippen molar-refractivity contribution in [2.75, 3.05) is 19.6 Å². The summed E-state index contributed by atoms with van der Waals surface area (Å²) in [5.41, 5.74) is 6.16. The molecule has 1 saturated heterocycles. The van der Waals surface area contributed by atoms with E-state index in [0.717, 1.165) is 78.3 Å². The van der Waals surface area contributed by atoms with Gasteiger partial charge in [0.15, 0.2) is 0 Å². The average Bonchev–Trinajstić information content (AvgIpc) is 3.44. The molecule has 31 heavy (non-hydrogen) atoms. The molecular weight excluding hydrogens is 388 g/mol. The Bertz CT molecular complexity index is 1150. The van der Waals surface area contributed by atoms with Crippen LogP contribution in [0, 0.1) is 11.3 Å². The summed E-state index contributed by atoms with van der Waals surface area (Å²) < 4.78 is 6.52. The summed E-state index contributed by atoms with van der Waals surface area (Å²) >= 11 is 0. The third-order valence-corrected chi connectivity index (χ3v) is 6.46. The van der Waals surface area contributed by atoms with E-state index in [2.05, 4.69) is 39.3 Å². The lowest BCUT2D eigenvalue weighted by Gasteiger charge is -2.29. The van der Waals surface area contributed by atoms with Gasteiger partial charge in [0, 0.05) is 35.0 Å². The standard InChI is InChI=1S/C25H24N4O2/c26-9-14-29-12-7-18(8-13-29)24-16-22(17-5-10-27-11-6-17)25(31-24)20-1-3-21-19(15-20)2-4-23(21)28-30/h1,3,5-6,10-11,15-16,18,30H,2,4,7-8,12-14H2/b28-23+. The third kappa shape index (κ3) is 3.73. The highest BCUT2D eigenvalue weighted by Gasteiger charge is 2.26. The number of oxime groups is 1. The van der Waals surface area contributed by atoms with Gasteiger partial charge in [0.25, 0.3) is 0 Å². The fourth-order valence-electron chi connectivity index (χ4n) is 4.76. The predicted octanol–water partition coefficient (Wildman–Crippen LogP) is 4.84. The number of benzene rings is 1. The number of hydrogen-bond donors (Lipinski definition) is 1. The predicted molar refractivity (Wildman–Crippen MR) is 118 cm³/mol. The lowest BCUT2D eigenvalue weighted by atomic mass is 9.93. The van der Waals surface area contributed by atoms with Crippen LogP contribution in [0.5, 0.6) is 0 Å². The fourth-order valence-corrected chi connectivity index (χ4v) is 4.76. The molecular formula is C25H24N4O2. The van der Waals surface area contributed by atoms with Crippen molar-refractivity contribution in [1.82, 2.24) is 9.88 Å². The van der Waals surface area contributed by atoms with E-state index >= 15 is 0 Å². The molecule has 0 amide bonds. The smallest absolute Gasteiger partial charge is 0.142 e. The van der Waals surface area contributed by atoms with Crippen molar-refractivity contribution in [2.45, 2.75) is 31.6 Å². The Morgan fingerprint density at radius 2 is 1.87 bits per heavy atom. The van der Waals surface area contributed by atoms with Crippen LogP contribution >= 0.6 is 0 Å². The van der Waals surface area contributed by atoms with Gasteiger partial charge in [0.1, 0.15) is 11.5 Å². The molecule has 0 atom stereocenters. The van der Waals surface area contributed by atoms with Crippen molar-refractivity contribution >= 4 is 5.71 Å². The maximum Gasteiger partial charge on any atom is 0.142 e. The Kier molecular flexibility index (Phi) is 5.27. The first-order chi connectivity index (χ1) is 15.3. The minimum absolute atomic E-state index is 0.354. The second-order valence-corrected chi connectivity index (χ2v) is 8.25. The molecule has 2 aliphatic rings. The average molecular weight is 412 g/mol. The number of aromatic nitrogens is 1. The van der Waals surface area contributed by atoms with E-state index in [4.69, 9.17) is 9.68 Å². The Balaban J connectivity index is 1.52. The zero-order valence-corrected chi connectivity index (χ0v) is 17.3. The summed E-state index contributed by atoms with van der Waals surface area (Å²) in [6, 6.07) is 14.7. The lowest BCUT2D eigenvalue weighted by Crippen LogP contribution is -2.33. The maximum atomic E-state index is 9.23. The topological polar surface area (TPSA) is 85.7 Å². The number of likely N-dealkylation sites (tertiary alicyclic amines) is 1. The first-order valence-electron chi connectivity index (χ1n) is 10.7. The molecule has 6 nitrogen and oxygen atoms in total. The van der Waals surface area contributed by atoms with E-state index in [1.54, 1.807) is 12.4 Å². The van der Waals surface area contributed by atoms with E-state index in [9.17, 15) is 5.21 Å². The van der Waals surface area contributed by atoms with Crippen LogP contribution in [0.15, 0.2) is 58.4 Å². The Morgan fingerprint density at radius 3 is 2.61 bits per heavy atom. The molecule has 1 aliphatic heterocycles. The van der Waals surface area contributed by atoms with Gasteiger partial charge < -0.3 is 9.62 Å². The van der Waals surface area contributed by atoms with Gasteiger partial charge in [-0.2, -0.15) is 5.26 Å². The van der Waals surface area contributed by atoms with E-state index in [1.807, 2.05) is 18.2 Å². The van der Waals surface area contributed by atoms with Crippen molar-refractivity contribution in [3.8, 4) is 28.5 Å². The number of aryl methyl sites for hydroxylation is 1. The molecule has 0 bridgehead atoms. The second kappa shape index (κ2) is 8.37. The van der Waals surface area contributed by atoms with Crippen molar-refractivity contribution < 1.29 is 9.62 Å². The normalized spacial score (nSPS) is 18.2. The summed E-state index contributed by atoms with van der Waals surface area (Å²) in [5.74, 6) is 2.24. The van der Waals surface area contributed by atoms with E-state index < -0.39 is 0 Å². The molecule has 156 valence electrons. The van der Waals surface area contributed by atoms with E-state index in [-0.39, 0.29) is 0 Å². The molecule has 2 aromatic heterocycles. The molecule has 6 heteroatoms. The number of hydrogen-bond acceptors (Lipinski definition) is 6. The fraction of sp³-hybridized carbons (Fsp3) is 0.320. The van der Waals surface area contributed by atoms with Crippen LogP contribution in [0.2, 0.25) is 0 Å². The molecule has 0 spiro atoms. The van der Waals surface area contributed by atoms with Crippen molar-refractivity contribution in [1.29, 1.82) is 5.26 Å². The molecule has 0 unspecified atom stereocenters. The highest BCUT2D eigenvalue weighted by atomic mass is 16.4. The summed E-state index contributed by atoms with van der Waals surface area (Å²) in [6.07, 6.45) is 7.23. The molecule has 5 rings (SSSR count). The van der Waals surface area contributed by atoms with Crippen LogP contribution in [-0.2, 0) is 6.42 Å². The molecule has 0 radical (unpaired) electrons. The second-order valence-electron chi connectivity index (χ2n) is 8.25.